The molecule has 0 saturated carbocycles. The van der Waals surface area contributed by atoms with Gasteiger partial charge in [0.2, 0.25) is 0 Å². The van der Waals surface area contributed by atoms with Crippen molar-refractivity contribution in [2.75, 3.05) is 0 Å². The van der Waals surface area contributed by atoms with Crippen LogP contribution >= 0.6 is 37.6 Å². The van der Waals surface area contributed by atoms with E-state index in [4.69, 9.17) is 39.9 Å². The Balaban J connectivity index is 1.96. The highest BCUT2D eigenvalue weighted by molar-refractivity contribution is 8.00. The third-order valence-corrected chi connectivity index (χ3v) is 14.3. The zero-order valence-corrected chi connectivity index (χ0v) is 35.5. The molecular formula is C38H48Cl2O4P2Si2. The van der Waals surface area contributed by atoms with E-state index in [9.17, 15) is 0 Å². The van der Waals surface area contributed by atoms with Gasteiger partial charge in [-0.2, -0.15) is 0 Å². The number of para-hydroxylation sites is 2. The number of hydrogen-bond acceptors (Lipinski definition) is 4. The fourth-order valence-corrected chi connectivity index (χ4v) is 10.7. The van der Waals surface area contributed by atoms with Gasteiger partial charge in [0, 0.05) is 21.9 Å². The van der Waals surface area contributed by atoms with Crippen molar-refractivity contribution in [1.82, 2.24) is 0 Å². The van der Waals surface area contributed by atoms with Gasteiger partial charge in [0.15, 0.2) is 0 Å². The van der Waals surface area contributed by atoms with E-state index in [1.54, 1.807) is 0 Å². The Labute approximate surface area is 300 Å². The third kappa shape index (κ3) is 8.07. The van der Waals surface area contributed by atoms with Gasteiger partial charge in [-0.15, -0.1) is 0 Å². The quantitative estimate of drug-likeness (QED) is 0.122. The van der Waals surface area contributed by atoms with Crippen LogP contribution in [0.3, 0.4) is 0 Å². The molecule has 4 aromatic carbocycles. The lowest BCUT2D eigenvalue weighted by Crippen LogP contribution is -2.40. The van der Waals surface area contributed by atoms with E-state index in [0.29, 0.717) is 0 Å². The maximum absolute atomic E-state index is 7.12. The Bertz CT molecular complexity index is 1960. The van der Waals surface area contributed by atoms with Crippen LogP contribution in [0.25, 0.3) is 33.1 Å². The van der Waals surface area contributed by atoms with Crippen molar-refractivity contribution in [3.05, 3.63) is 83.9 Å². The van der Waals surface area contributed by atoms with Gasteiger partial charge in [0.1, 0.15) is 22.7 Å². The molecule has 0 unspecified atom stereocenters. The summed E-state index contributed by atoms with van der Waals surface area (Å²) in [5.41, 5.74) is 5.50. The molecule has 0 spiro atoms. The zero-order valence-electron chi connectivity index (χ0n) is 30.2. The van der Waals surface area contributed by atoms with Crippen molar-refractivity contribution in [1.29, 1.82) is 0 Å². The summed E-state index contributed by atoms with van der Waals surface area (Å²) in [6.07, 6.45) is 0. The van der Waals surface area contributed by atoms with E-state index in [0.717, 1.165) is 44.6 Å². The smallest absolute Gasteiger partial charge is 0.444 e. The van der Waals surface area contributed by atoms with Crippen LogP contribution in [0.4, 0.5) is 0 Å². The van der Waals surface area contributed by atoms with Crippen molar-refractivity contribution in [2.24, 2.45) is 0 Å². The molecule has 0 aliphatic rings. The summed E-state index contributed by atoms with van der Waals surface area (Å²) in [5.74, 6) is 1.50. The number of rotatable bonds is 7. The fourth-order valence-electron chi connectivity index (χ4n) is 5.73. The molecule has 0 aliphatic heterocycles. The summed E-state index contributed by atoms with van der Waals surface area (Å²) in [5, 5.41) is 4.31. The molecule has 0 bridgehead atoms. The molecule has 1 aromatic heterocycles. The summed E-state index contributed by atoms with van der Waals surface area (Å²) in [7, 11) is -5.92. The minimum atomic E-state index is -2.05. The Hall–Kier alpha value is -2.18. The minimum Gasteiger partial charge on any atom is -0.444 e. The highest BCUT2D eigenvalue weighted by Crippen LogP contribution is 2.52. The van der Waals surface area contributed by atoms with Crippen LogP contribution in [0.2, 0.25) is 39.3 Å². The van der Waals surface area contributed by atoms with Crippen molar-refractivity contribution >= 4 is 86.0 Å². The van der Waals surface area contributed by atoms with Crippen LogP contribution in [0.1, 0.15) is 52.7 Å². The molecule has 0 fully saturated rings. The first kappa shape index (κ1) is 37.1. The molecule has 0 radical (unpaired) electrons. The lowest BCUT2D eigenvalue weighted by molar-refractivity contribution is 0.500. The van der Waals surface area contributed by atoms with E-state index >= 15 is 0 Å². The molecule has 1 heterocycles. The van der Waals surface area contributed by atoms with E-state index in [1.807, 2.05) is 36.4 Å². The first-order valence-corrected chi connectivity index (χ1v) is 27.5. The van der Waals surface area contributed by atoms with Crippen molar-refractivity contribution in [3.8, 4) is 22.6 Å². The second-order valence-electron chi connectivity index (χ2n) is 16.6. The average Bonchev–Trinajstić information content (AvgIpc) is 3.11. The molecule has 10 heteroatoms. The van der Waals surface area contributed by atoms with E-state index in [-0.39, 0.29) is 10.8 Å². The SMILES string of the molecule is CC(C)(C)c1cc(-c2cc(C(C)(C)C)cc([Si](C)(C)C)c2Op2oc3ccccc3c3ccccc3o2)c(OP(Cl)Cl)c([Si](C)(C)C)c1. The third-order valence-electron chi connectivity index (χ3n) is 8.55. The summed E-state index contributed by atoms with van der Waals surface area (Å²) < 4.78 is 26.8. The van der Waals surface area contributed by atoms with Gasteiger partial charge in [-0.1, -0.05) is 129 Å². The molecule has 0 saturated heterocycles. The summed E-state index contributed by atoms with van der Waals surface area (Å²) in [6.45, 7) is 25.8. The maximum Gasteiger partial charge on any atom is 0.453 e. The molecule has 5 aromatic rings. The zero-order chi connectivity index (χ0) is 35.4. The minimum absolute atomic E-state index is 0.121. The van der Waals surface area contributed by atoms with Crippen molar-refractivity contribution < 1.29 is 17.4 Å². The molecular weight excluding hydrogens is 709 g/mol. The lowest BCUT2D eigenvalue weighted by Gasteiger charge is -2.31. The molecule has 0 atom stereocenters. The summed E-state index contributed by atoms with van der Waals surface area (Å²) >= 11 is 13.0. The van der Waals surface area contributed by atoms with E-state index in [1.165, 1.54) is 21.5 Å². The predicted molar refractivity (Wildman–Crippen MR) is 217 cm³/mol. The largest absolute Gasteiger partial charge is 0.453 e. The average molecular weight is 758 g/mol. The number of hydrogen-bond donors (Lipinski definition) is 0. The van der Waals surface area contributed by atoms with Crippen LogP contribution in [0.5, 0.6) is 11.5 Å². The first-order valence-electron chi connectivity index (χ1n) is 16.3. The Morgan fingerprint density at radius 3 is 1.40 bits per heavy atom. The van der Waals surface area contributed by atoms with Gasteiger partial charge in [-0.25, -0.2) is 0 Å². The standard InChI is InChI=1S/C38H48Cl2O4P2Si2/c1-37(2,3)25-21-29(35(43-45(39)40)33(23-25)47(7,8)9)30-22-26(38(4,5)6)24-34(48(10,11)12)36(30)44-46-41-31-19-15-13-17-27(31)28-18-14-16-20-32(28)42-46/h13-24H,1-12H3. The highest BCUT2D eigenvalue weighted by Gasteiger charge is 2.34. The second-order valence-corrected chi connectivity index (χ2v) is 30.6. The second kappa shape index (κ2) is 13.5. The summed E-state index contributed by atoms with van der Waals surface area (Å²) in [6, 6.07) is 25.2. The Kier molecular flexibility index (Phi) is 10.4. The van der Waals surface area contributed by atoms with Gasteiger partial charge in [0.05, 0.1) is 16.1 Å². The Morgan fingerprint density at radius 2 is 1.00 bits per heavy atom. The van der Waals surface area contributed by atoms with Crippen LogP contribution in [0.15, 0.2) is 81.2 Å². The van der Waals surface area contributed by atoms with Gasteiger partial charge in [-0.3, -0.25) is 0 Å². The van der Waals surface area contributed by atoms with Gasteiger partial charge < -0.3 is 17.4 Å². The number of halogens is 2. The molecule has 0 amide bonds. The first-order chi connectivity index (χ1) is 22.1. The van der Waals surface area contributed by atoms with Crippen LogP contribution in [0, 0.1) is 0 Å². The molecule has 48 heavy (non-hydrogen) atoms. The topological polar surface area (TPSA) is 44.7 Å². The molecule has 0 N–H and O–H groups in total. The fraction of sp³-hybridized carbons (Fsp3) is 0.368. The van der Waals surface area contributed by atoms with Crippen molar-refractivity contribution in [2.45, 2.75) is 91.7 Å². The Morgan fingerprint density at radius 1 is 0.604 bits per heavy atom. The monoisotopic (exact) mass is 756 g/mol. The molecule has 0 aliphatic carbocycles. The van der Waals surface area contributed by atoms with Crippen LogP contribution in [-0.2, 0) is 10.8 Å². The molecule has 256 valence electrons. The molecule has 5 rings (SSSR count). The highest BCUT2D eigenvalue weighted by atomic mass is 35.9. The number of benzene rings is 4. The van der Waals surface area contributed by atoms with Crippen LogP contribution in [-0.4, -0.2) is 16.1 Å². The van der Waals surface area contributed by atoms with E-state index < -0.39 is 31.2 Å². The normalized spacial score (nSPS) is 13.0. The van der Waals surface area contributed by atoms with Crippen LogP contribution < -0.4 is 19.4 Å². The van der Waals surface area contributed by atoms with Crippen molar-refractivity contribution in [3.63, 3.8) is 0 Å². The number of fused-ring (bicyclic) bond motifs is 3. The van der Waals surface area contributed by atoms with E-state index in [2.05, 4.69) is 117 Å². The predicted octanol–water partition coefficient (Wildman–Crippen LogP) is 13.6. The summed E-state index contributed by atoms with van der Waals surface area (Å²) in [4.78, 5) is 0. The van der Waals surface area contributed by atoms with Gasteiger partial charge >= 0.3 is 8.24 Å². The van der Waals surface area contributed by atoms with Gasteiger partial charge in [0.25, 0.3) is 6.85 Å². The maximum atomic E-state index is 7.12. The lowest BCUT2D eigenvalue weighted by atomic mass is 9.83. The molecule has 4 nitrogen and oxygen atoms in total. The van der Waals surface area contributed by atoms with Gasteiger partial charge in [-0.05, 0) is 79.1 Å².